The maximum Gasteiger partial charge on any atom is 0.0416 e. The molecule has 2 rings (SSSR count). The molecule has 1 aromatic rings. The highest BCUT2D eigenvalue weighted by Gasteiger charge is 2.26. The van der Waals surface area contributed by atoms with Crippen molar-refractivity contribution in [2.75, 3.05) is 23.7 Å². The number of nitrogen functional groups attached to an aromatic ring is 1. The van der Waals surface area contributed by atoms with Gasteiger partial charge in [-0.1, -0.05) is 19.4 Å². The minimum absolute atomic E-state index is 0.895. The van der Waals surface area contributed by atoms with Crippen molar-refractivity contribution in [1.82, 2.24) is 0 Å². The molecule has 0 spiro atoms. The Labute approximate surface area is 98.4 Å². The van der Waals surface area contributed by atoms with Crippen molar-refractivity contribution in [1.29, 1.82) is 0 Å². The van der Waals surface area contributed by atoms with Crippen LogP contribution in [0.2, 0.25) is 0 Å². The summed E-state index contributed by atoms with van der Waals surface area (Å²) in [6.45, 7) is 8.92. The fourth-order valence-electron chi connectivity index (χ4n) is 2.56. The highest BCUT2D eigenvalue weighted by Crippen LogP contribution is 2.32. The van der Waals surface area contributed by atoms with Gasteiger partial charge in [-0.2, -0.15) is 0 Å². The summed E-state index contributed by atoms with van der Waals surface area (Å²) in [5, 5.41) is 0. The molecule has 0 radical (unpaired) electrons. The minimum atomic E-state index is 0.895. The van der Waals surface area contributed by atoms with Crippen molar-refractivity contribution in [3.8, 4) is 0 Å². The molecule has 16 heavy (non-hydrogen) atoms. The molecule has 0 bridgehead atoms. The van der Waals surface area contributed by atoms with Gasteiger partial charge in [-0.3, -0.25) is 0 Å². The monoisotopic (exact) mass is 218 g/mol. The molecule has 0 aromatic heterocycles. The Hall–Kier alpha value is -1.18. The van der Waals surface area contributed by atoms with Crippen LogP contribution in [0.4, 0.5) is 11.4 Å². The fraction of sp³-hybridized carbons (Fsp3) is 0.571. The molecule has 1 aliphatic heterocycles. The summed E-state index contributed by atoms with van der Waals surface area (Å²) in [6, 6.07) is 4.32. The lowest BCUT2D eigenvalue weighted by Crippen LogP contribution is -2.47. The first-order valence-electron chi connectivity index (χ1n) is 6.23. The highest BCUT2D eigenvalue weighted by molar-refractivity contribution is 5.65. The number of benzene rings is 1. The number of hydrogen-bond acceptors (Lipinski definition) is 2. The maximum atomic E-state index is 5.97. The number of rotatable bonds is 3. The summed E-state index contributed by atoms with van der Waals surface area (Å²) in [5.74, 6) is 0.895. The molecule has 1 saturated heterocycles. The van der Waals surface area contributed by atoms with Gasteiger partial charge >= 0.3 is 0 Å². The van der Waals surface area contributed by atoms with E-state index in [9.17, 15) is 0 Å². The van der Waals surface area contributed by atoms with Crippen LogP contribution in [-0.4, -0.2) is 13.1 Å². The lowest BCUT2D eigenvalue weighted by molar-refractivity contribution is 0.380. The van der Waals surface area contributed by atoms with Gasteiger partial charge in [0.2, 0.25) is 0 Å². The lowest BCUT2D eigenvalue weighted by Gasteiger charge is -2.42. The second kappa shape index (κ2) is 4.36. The predicted octanol–water partition coefficient (Wildman–Crippen LogP) is 3.12. The average Bonchev–Trinajstić information content (AvgIpc) is 2.17. The number of anilines is 2. The Bertz CT molecular complexity index is 379. The predicted molar refractivity (Wildman–Crippen MR) is 70.9 cm³/mol. The molecule has 1 heterocycles. The molecule has 0 unspecified atom stereocenters. The summed E-state index contributed by atoms with van der Waals surface area (Å²) in [5.41, 5.74) is 10.8. The number of aryl methyl sites for hydroxylation is 2. The van der Waals surface area contributed by atoms with Crippen molar-refractivity contribution in [2.24, 2.45) is 5.92 Å². The van der Waals surface area contributed by atoms with Crippen LogP contribution in [-0.2, 0) is 0 Å². The van der Waals surface area contributed by atoms with Crippen LogP contribution >= 0.6 is 0 Å². The fourth-order valence-corrected chi connectivity index (χ4v) is 2.56. The first kappa shape index (κ1) is 11.3. The van der Waals surface area contributed by atoms with E-state index in [1.54, 1.807) is 0 Å². The molecular formula is C14H22N2. The molecule has 2 heteroatoms. The molecule has 1 fully saturated rings. The van der Waals surface area contributed by atoms with E-state index in [4.69, 9.17) is 5.73 Å². The Morgan fingerprint density at radius 2 is 1.94 bits per heavy atom. The largest absolute Gasteiger partial charge is 0.398 e. The second-order valence-corrected chi connectivity index (χ2v) is 5.05. The number of nitrogens with two attached hydrogens (primary N) is 1. The summed E-state index contributed by atoms with van der Waals surface area (Å²) in [4.78, 5) is 2.45. The van der Waals surface area contributed by atoms with Crippen LogP contribution in [0.5, 0.6) is 0 Å². The highest BCUT2D eigenvalue weighted by atomic mass is 15.2. The molecule has 0 atom stereocenters. The average molecular weight is 218 g/mol. The first-order valence-corrected chi connectivity index (χ1v) is 6.23. The van der Waals surface area contributed by atoms with Crippen molar-refractivity contribution in [3.63, 3.8) is 0 Å². The zero-order chi connectivity index (χ0) is 11.7. The number of nitrogens with zero attached hydrogens (tertiary/aromatic N) is 1. The SMILES string of the molecule is CCCC1CN(c2cc(N)c(C)cc2C)C1. The Morgan fingerprint density at radius 3 is 2.56 bits per heavy atom. The zero-order valence-corrected chi connectivity index (χ0v) is 10.6. The topological polar surface area (TPSA) is 29.3 Å². The molecule has 88 valence electrons. The lowest BCUT2D eigenvalue weighted by atomic mass is 9.93. The molecule has 2 N–H and O–H groups in total. The van der Waals surface area contributed by atoms with E-state index in [0.717, 1.165) is 11.6 Å². The zero-order valence-electron chi connectivity index (χ0n) is 10.6. The first-order chi connectivity index (χ1) is 7.61. The maximum absolute atomic E-state index is 5.97. The van der Waals surface area contributed by atoms with E-state index in [1.165, 1.54) is 42.7 Å². The van der Waals surface area contributed by atoms with E-state index in [0.29, 0.717) is 0 Å². The van der Waals surface area contributed by atoms with Crippen LogP contribution in [0, 0.1) is 19.8 Å². The van der Waals surface area contributed by atoms with Crippen LogP contribution in [0.3, 0.4) is 0 Å². The van der Waals surface area contributed by atoms with Gasteiger partial charge in [0.05, 0.1) is 0 Å². The van der Waals surface area contributed by atoms with Crippen molar-refractivity contribution >= 4 is 11.4 Å². The molecule has 1 aromatic carbocycles. The van der Waals surface area contributed by atoms with E-state index < -0.39 is 0 Å². The van der Waals surface area contributed by atoms with Crippen LogP contribution < -0.4 is 10.6 Å². The third kappa shape index (κ3) is 2.01. The third-order valence-electron chi connectivity index (χ3n) is 3.58. The summed E-state index contributed by atoms with van der Waals surface area (Å²) in [6.07, 6.45) is 2.66. The Kier molecular flexibility index (Phi) is 3.08. The van der Waals surface area contributed by atoms with Gasteiger partial charge in [0.1, 0.15) is 0 Å². The van der Waals surface area contributed by atoms with Gasteiger partial charge in [0.15, 0.2) is 0 Å². The van der Waals surface area contributed by atoms with Gasteiger partial charge in [-0.05, 0) is 43.4 Å². The molecule has 0 amide bonds. The normalized spacial score (nSPS) is 16.3. The molecular weight excluding hydrogens is 196 g/mol. The molecule has 0 saturated carbocycles. The summed E-state index contributed by atoms with van der Waals surface area (Å²) in [7, 11) is 0. The van der Waals surface area contributed by atoms with Gasteiger partial charge in [0, 0.05) is 24.5 Å². The van der Waals surface area contributed by atoms with Gasteiger partial charge in [0.25, 0.3) is 0 Å². The van der Waals surface area contributed by atoms with Gasteiger partial charge < -0.3 is 10.6 Å². The molecule has 1 aliphatic rings. The Morgan fingerprint density at radius 1 is 1.25 bits per heavy atom. The van der Waals surface area contributed by atoms with Crippen molar-refractivity contribution in [3.05, 3.63) is 23.3 Å². The summed E-state index contributed by atoms with van der Waals surface area (Å²) >= 11 is 0. The summed E-state index contributed by atoms with van der Waals surface area (Å²) < 4.78 is 0. The van der Waals surface area contributed by atoms with E-state index in [2.05, 4.69) is 37.8 Å². The van der Waals surface area contributed by atoms with Crippen LogP contribution in [0.15, 0.2) is 12.1 Å². The van der Waals surface area contributed by atoms with Crippen LogP contribution in [0.25, 0.3) is 0 Å². The molecule has 2 nitrogen and oxygen atoms in total. The quantitative estimate of drug-likeness (QED) is 0.790. The standard InChI is InChI=1S/C14H22N2/c1-4-5-12-8-16(9-12)14-7-13(15)10(2)6-11(14)3/h6-7,12H,4-5,8-9,15H2,1-3H3. The smallest absolute Gasteiger partial charge is 0.0416 e. The minimum Gasteiger partial charge on any atom is -0.398 e. The third-order valence-corrected chi connectivity index (χ3v) is 3.58. The van der Waals surface area contributed by atoms with E-state index >= 15 is 0 Å². The van der Waals surface area contributed by atoms with Crippen LogP contribution in [0.1, 0.15) is 30.9 Å². The number of hydrogen-bond donors (Lipinski definition) is 1. The van der Waals surface area contributed by atoms with Gasteiger partial charge in [-0.15, -0.1) is 0 Å². The molecule has 0 aliphatic carbocycles. The van der Waals surface area contributed by atoms with Crippen molar-refractivity contribution in [2.45, 2.75) is 33.6 Å². The van der Waals surface area contributed by atoms with E-state index in [1.807, 2.05) is 0 Å². The van der Waals surface area contributed by atoms with E-state index in [-0.39, 0.29) is 0 Å². The van der Waals surface area contributed by atoms with Gasteiger partial charge in [-0.25, -0.2) is 0 Å². The second-order valence-electron chi connectivity index (χ2n) is 5.05. The van der Waals surface area contributed by atoms with Crippen molar-refractivity contribution < 1.29 is 0 Å². The Balaban J connectivity index is 2.09.